The van der Waals surface area contributed by atoms with Crippen LogP contribution in [0.4, 0.5) is 5.82 Å². The SMILES string of the molecule is In1c2c(c3c1N=CCC3)CCC=C2. The number of aromatic nitrogens is 1. The molecule has 0 atom stereocenters. The zero-order valence-electron chi connectivity index (χ0n) is 7.83. The van der Waals surface area contributed by atoms with Crippen molar-refractivity contribution in [2.75, 3.05) is 0 Å². The molecular weight excluding hydrogens is 287 g/mol. The van der Waals surface area contributed by atoms with Crippen molar-refractivity contribution in [3.63, 3.8) is 0 Å². The smallest absolute Gasteiger partial charge is 0.145 e. The summed E-state index contributed by atoms with van der Waals surface area (Å²) in [6, 6.07) is 0. The number of hydrogen-bond acceptors (Lipinski definition) is 1. The van der Waals surface area contributed by atoms with Gasteiger partial charge >= 0.3 is 0 Å². The molecule has 3 heteroatoms. The van der Waals surface area contributed by atoms with Crippen molar-refractivity contribution in [1.29, 1.82) is 0 Å². The number of halogens is 1. The third kappa shape index (κ3) is 1.11. The highest BCUT2D eigenvalue weighted by molar-refractivity contribution is 14.1. The van der Waals surface area contributed by atoms with E-state index in [-0.39, 0.29) is 0 Å². The van der Waals surface area contributed by atoms with Crippen LogP contribution in [0.15, 0.2) is 11.1 Å². The van der Waals surface area contributed by atoms with Crippen LogP contribution in [0.25, 0.3) is 6.08 Å². The van der Waals surface area contributed by atoms with Gasteiger partial charge in [-0.15, -0.1) is 0 Å². The number of hydrogen-bond donors (Lipinski definition) is 0. The van der Waals surface area contributed by atoms with Gasteiger partial charge in [0.1, 0.15) is 5.82 Å². The number of fused-ring (bicyclic) bond motifs is 3. The van der Waals surface area contributed by atoms with Crippen molar-refractivity contribution in [3.05, 3.63) is 22.9 Å². The normalized spacial score (nSPS) is 18.1. The van der Waals surface area contributed by atoms with Gasteiger partial charge in [-0.2, -0.15) is 0 Å². The van der Waals surface area contributed by atoms with E-state index in [2.05, 4.69) is 42.8 Å². The molecule has 72 valence electrons. The molecule has 1 aliphatic carbocycles. The molecule has 0 saturated carbocycles. The first kappa shape index (κ1) is 8.71. The molecule has 0 radical (unpaired) electrons. The Morgan fingerprint density at radius 3 is 3.00 bits per heavy atom. The Morgan fingerprint density at radius 2 is 2.07 bits per heavy atom. The van der Waals surface area contributed by atoms with Gasteiger partial charge in [0.15, 0.2) is 0 Å². The van der Waals surface area contributed by atoms with E-state index in [1.54, 1.807) is 0 Å². The fourth-order valence-electron chi connectivity index (χ4n) is 2.26. The van der Waals surface area contributed by atoms with Crippen LogP contribution >= 0.6 is 22.9 Å². The average Bonchev–Trinajstić information content (AvgIpc) is 2.55. The van der Waals surface area contributed by atoms with E-state index in [9.17, 15) is 0 Å². The molecule has 2 nitrogen and oxygen atoms in total. The van der Waals surface area contributed by atoms with Gasteiger partial charge in [0.05, 0.1) is 28.6 Å². The quantitative estimate of drug-likeness (QED) is 0.654. The average molecular weight is 298 g/mol. The first-order chi connectivity index (χ1) is 6.88. The van der Waals surface area contributed by atoms with E-state index in [4.69, 9.17) is 0 Å². The molecule has 1 aromatic heterocycles. The molecule has 0 bridgehead atoms. The van der Waals surface area contributed by atoms with Crippen LogP contribution in [0.3, 0.4) is 0 Å². The molecule has 0 saturated heterocycles. The van der Waals surface area contributed by atoms with E-state index in [0.717, 1.165) is 6.42 Å². The van der Waals surface area contributed by atoms with Crippen LogP contribution in [0.1, 0.15) is 29.7 Å². The summed E-state index contributed by atoms with van der Waals surface area (Å²) in [5.41, 5.74) is 4.39. The van der Waals surface area contributed by atoms with Gasteiger partial charge in [-0.05, 0) is 37.3 Å². The van der Waals surface area contributed by atoms with Crippen LogP contribution in [-0.4, -0.2) is 9.00 Å². The Labute approximate surface area is 97.2 Å². The largest absolute Gasteiger partial charge is 0.266 e. The lowest BCUT2D eigenvalue weighted by Gasteiger charge is -2.08. The second-order valence-corrected chi connectivity index (χ2v) is 4.70. The Hall–Kier alpha value is -0.580. The van der Waals surface area contributed by atoms with Gasteiger partial charge in [0.2, 0.25) is 0 Å². The number of rotatable bonds is 0. The van der Waals surface area contributed by atoms with Crippen molar-refractivity contribution >= 4 is 41.0 Å². The van der Waals surface area contributed by atoms with Crippen LogP contribution in [0.5, 0.6) is 0 Å². The summed E-state index contributed by atoms with van der Waals surface area (Å²) in [7, 11) is 0. The van der Waals surface area contributed by atoms with E-state index in [1.165, 1.54) is 41.9 Å². The van der Waals surface area contributed by atoms with Crippen molar-refractivity contribution in [1.82, 2.24) is 2.78 Å². The van der Waals surface area contributed by atoms with Gasteiger partial charge < -0.3 is 0 Å². The summed E-state index contributed by atoms with van der Waals surface area (Å²) in [5.74, 6) is 1.17. The molecule has 1 aromatic rings. The van der Waals surface area contributed by atoms with Gasteiger partial charge in [0.25, 0.3) is 0 Å². The highest BCUT2D eigenvalue weighted by Gasteiger charge is 2.22. The highest BCUT2D eigenvalue weighted by atomic mass is 127. The van der Waals surface area contributed by atoms with E-state index in [0.29, 0.717) is 0 Å². The Kier molecular flexibility index (Phi) is 2.00. The topological polar surface area (TPSA) is 17.3 Å². The summed E-state index contributed by atoms with van der Waals surface area (Å²) in [4.78, 5) is 4.49. The number of allylic oxidation sites excluding steroid dienone is 1. The van der Waals surface area contributed by atoms with Gasteiger partial charge in [-0.3, -0.25) is 2.78 Å². The standard InChI is InChI=1S/C11H11IN2/c12-14-10-6-2-1-4-8(10)9-5-3-7-13-11(9)14/h2,6-7H,1,3-5H2. The summed E-state index contributed by atoms with van der Waals surface area (Å²) < 4.78 is 2.20. The van der Waals surface area contributed by atoms with E-state index in [1.807, 2.05) is 6.21 Å². The minimum absolute atomic E-state index is 1.10. The molecule has 0 spiro atoms. The van der Waals surface area contributed by atoms with Crippen LogP contribution in [0, 0.1) is 0 Å². The van der Waals surface area contributed by atoms with Crippen molar-refractivity contribution < 1.29 is 0 Å². The van der Waals surface area contributed by atoms with Crippen molar-refractivity contribution in [2.45, 2.75) is 25.7 Å². The molecular formula is C11H11IN2. The maximum Gasteiger partial charge on any atom is 0.145 e. The summed E-state index contributed by atoms with van der Waals surface area (Å²) >= 11 is 2.35. The van der Waals surface area contributed by atoms with E-state index >= 15 is 0 Å². The molecule has 0 aromatic carbocycles. The maximum absolute atomic E-state index is 4.49. The fraction of sp³-hybridized carbons (Fsp3) is 0.364. The van der Waals surface area contributed by atoms with Gasteiger partial charge in [0, 0.05) is 11.8 Å². The third-order valence-corrected chi connectivity index (χ3v) is 3.89. The lowest BCUT2D eigenvalue weighted by atomic mass is 9.97. The molecule has 3 rings (SSSR count). The maximum atomic E-state index is 4.49. The summed E-state index contributed by atoms with van der Waals surface area (Å²) in [6.07, 6.45) is 11.2. The summed E-state index contributed by atoms with van der Waals surface area (Å²) in [6.45, 7) is 0. The second-order valence-electron chi connectivity index (χ2n) is 3.74. The van der Waals surface area contributed by atoms with E-state index < -0.39 is 0 Å². The summed E-state index contributed by atoms with van der Waals surface area (Å²) in [5, 5.41) is 0. The molecule has 0 fully saturated rings. The van der Waals surface area contributed by atoms with Gasteiger partial charge in [-0.25, -0.2) is 4.99 Å². The zero-order valence-corrected chi connectivity index (χ0v) is 9.99. The predicted molar refractivity (Wildman–Crippen MR) is 67.7 cm³/mol. The minimum atomic E-state index is 1.10. The monoisotopic (exact) mass is 298 g/mol. The second kappa shape index (κ2) is 3.22. The van der Waals surface area contributed by atoms with Gasteiger partial charge in [-0.1, -0.05) is 6.08 Å². The Bertz CT molecular complexity index is 401. The zero-order chi connectivity index (χ0) is 9.54. The molecule has 2 aliphatic rings. The predicted octanol–water partition coefficient (Wildman–Crippen LogP) is 3.29. The lowest BCUT2D eigenvalue weighted by molar-refractivity contribution is 0.938. The Morgan fingerprint density at radius 1 is 1.21 bits per heavy atom. The first-order valence-corrected chi connectivity index (χ1v) is 5.96. The number of aliphatic imine (C=N–C) groups is 1. The van der Waals surface area contributed by atoms with Crippen LogP contribution < -0.4 is 0 Å². The molecule has 2 heterocycles. The minimum Gasteiger partial charge on any atom is -0.266 e. The Balaban J connectivity index is 2.29. The van der Waals surface area contributed by atoms with Crippen LogP contribution in [0.2, 0.25) is 0 Å². The molecule has 14 heavy (non-hydrogen) atoms. The lowest BCUT2D eigenvalue weighted by Crippen LogP contribution is -1.97. The molecule has 1 aliphatic heterocycles. The first-order valence-electron chi connectivity index (χ1n) is 4.99. The molecule has 0 amide bonds. The molecule has 0 N–H and O–H groups in total. The van der Waals surface area contributed by atoms with Crippen molar-refractivity contribution in [3.8, 4) is 0 Å². The van der Waals surface area contributed by atoms with Crippen molar-refractivity contribution in [2.24, 2.45) is 4.99 Å². The highest BCUT2D eigenvalue weighted by Crippen LogP contribution is 2.37. The van der Waals surface area contributed by atoms with Crippen LogP contribution in [-0.2, 0) is 12.8 Å². The third-order valence-electron chi connectivity index (χ3n) is 2.91. The molecule has 0 unspecified atom stereocenters. The fourth-order valence-corrected chi connectivity index (χ4v) is 3.13. The number of nitrogens with zero attached hydrogens (tertiary/aromatic N) is 2.